The summed E-state index contributed by atoms with van der Waals surface area (Å²) >= 11 is 0. The van der Waals surface area contributed by atoms with Gasteiger partial charge in [0.25, 0.3) is 0 Å². The SMILES string of the molecule is C=C(C(C)(OCC1CO1)C(C)N)P(=O)(c1ccccc1)c1ccccc1. The summed E-state index contributed by atoms with van der Waals surface area (Å²) in [4.78, 5) is 0. The maximum atomic E-state index is 14.5. The van der Waals surface area contributed by atoms with Crippen LogP contribution in [0.5, 0.6) is 0 Å². The maximum Gasteiger partial charge on any atom is 0.169 e. The highest BCUT2D eigenvalue weighted by Gasteiger charge is 2.45. The minimum Gasteiger partial charge on any atom is -0.371 e. The van der Waals surface area contributed by atoms with Crippen molar-refractivity contribution in [3.63, 3.8) is 0 Å². The third-order valence-corrected chi connectivity index (χ3v) is 8.29. The van der Waals surface area contributed by atoms with E-state index in [9.17, 15) is 4.57 Å². The fourth-order valence-corrected chi connectivity index (χ4v) is 5.96. The van der Waals surface area contributed by atoms with Gasteiger partial charge in [-0.15, -0.1) is 0 Å². The predicted molar refractivity (Wildman–Crippen MR) is 107 cm³/mol. The smallest absolute Gasteiger partial charge is 0.169 e. The first-order valence-electron chi connectivity index (χ1n) is 8.81. The molecule has 1 fully saturated rings. The molecule has 0 saturated carbocycles. The number of nitrogens with two attached hydrogens (primary N) is 1. The minimum atomic E-state index is -3.17. The van der Waals surface area contributed by atoms with E-state index in [1.165, 1.54) is 0 Å². The van der Waals surface area contributed by atoms with E-state index in [2.05, 4.69) is 6.58 Å². The predicted octanol–water partition coefficient (Wildman–Crippen LogP) is 3.04. The molecule has 5 heteroatoms. The average Bonchev–Trinajstić information content (AvgIpc) is 3.50. The highest BCUT2D eigenvalue weighted by atomic mass is 31.2. The molecule has 2 aromatic carbocycles. The number of rotatable bonds is 8. The molecule has 1 saturated heterocycles. The van der Waals surface area contributed by atoms with E-state index in [0.717, 1.165) is 10.6 Å². The second-order valence-electron chi connectivity index (χ2n) is 6.89. The second-order valence-corrected chi connectivity index (χ2v) is 9.68. The number of hydrogen-bond acceptors (Lipinski definition) is 4. The molecule has 1 aliphatic rings. The van der Waals surface area contributed by atoms with E-state index in [1.54, 1.807) is 0 Å². The Balaban J connectivity index is 2.08. The minimum absolute atomic E-state index is 0.0914. The second kappa shape index (κ2) is 7.50. The number of benzene rings is 2. The fourth-order valence-electron chi connectivity index (χ4n) is 2.96. The largest absolute Gasteiger partial charge is 0.371 e. The van der Waals surface area contributed by atoms with Crippen molar-refractivity contribution in [2.45, 2.75) is 31.6 Å². The van der Waals surface area contributed by atoms with Crippen LogP contribution in [-0.2, 0) is 14.0 Å². The molecule has 0 radical (unpaired) electrons. The molecule has 0 bridgehead atoms. The van der Waals surface area contributed by atoms with E-state index < -0.39 is 12.7 Å². The van der Waals surface area contributed by atoms with Gasteiger partial charge in [0.2, 0.25) is 0 Å². The van der Waals surface area contributed by atoms with E-state index >= 15 is 0 Å². The van der Waals surface area contributed by atoms with Crippen LogP contribution in [0, 0.1) is 0 Å². The van der Waals surface area contributed by atoms with Gasteiger partial charge in [-0.05, 0) is 13.8 Å². The molecule has 138 valence electrons. The first-order valence-corrected chi connectivity index (χ1v) is 10.5. The number of epoxide rings is 1. The van der Waals surface area contributed by atoms with Crippen LogP contribution in [0.15, 0.2) is 72.6 Å². The number of hydrogen-bond donors (Lipinski definition) is 1. The Morgan fingerprint density at radius 3 is 2.08 bits per heavy atom. The van der Waals surface area contributed by atoms with Crippen LogP contribution in [-0.4, -0.2) is 31.0 Å². The third kappa shape index (κ3) is 3.56. The molecular formula is C21H26NO3P. The molecular weight excluding hydrogens is 345 g/mol. The van der Waals surface area contributed by atoms with Gasteiger partial charge in [0, 0.05) is 22.0 Å². The summed E-state index contributed by atoms with van der Waals surface area (Å²) in [5, 5.41) is 1.97. The highest BCUT2D eigenvalue weighted by Crippen LogP contribution is 2.56. The van der Waals surface area contributed by atoms with Crippen molar-refractivity contribution in [2.24, 2.45) is 5.73 Å². The normalized spacial score (nSPS) is 20.2. The van der Waals surface area contributed by atoms with Gasteiger partial charge >= 0.3 is 0 Å². The Morgan fingerprint density at radius 2 is 1.69 bits per heavy atom. The van der Waals surface area contributed by atoms with Crippen LogP contribution in [0.1, 0.15) is 13.8 Å². The molecule has 26 heavy (non-hydrogen) atoms. The van der Waals surface area contributed by atoms with E-state index in [0.29, 0.717) is 18.5 Å². The molecule has 1 heterocycles. The van der Waals surface area contributed by atoms with E-state index in [1.807, 2.05) is 74.5 Å². The Morgan fingerprint density at radius 1 is 1.23 bits per heavy atom. The third-order valence-electron chi connectivity index (χ3n) is 5.03. The Labute approximate surface area is 155 Å². The maximum absolute atomic E-state index is 14.5. The summed E-state index contributed by atoms with van der Waals surface area (Å²) in [6.07, 6.45) is 0.0914. The summed E-state index contributed by atoms with van der Waals surface area (Å²) in [5.74, 6) is 0. The standard InChI is InChI=1S/C21H26NO3P/c1-16(22)21(3,25-15-18-14-24-18)17(2)26(23,19-10-6-4-7-11-19)20-12-8-5-9-13-20/h4-13,16,18H,2,14-15,22H2,1,3H3. The van der Waals surface area contributed by atoms with Crippen LogP contribution in [0.25, 0.3) is 0 Å². The van der Waals surface area contributed by atoms with Crippen LogP contribution < -0.4 is 16.3 Å². The zero-order valence-electron chi connectivity index (χ0n) is 15.3. The van der Waals surface area contributed by atoms with Crippen molar-refractivity contribution >= 4 is 17.8 Å². The van der Waals surface area contributed by atoms with Crippen molar-refractivity contribution in [2.75, 3.05) is 13.2 Å². The van der Waals surface area contributed by atoms with E-state index in [4.69, 9.17) is 15.2 Å². The van der Waals surface area contributed by atoms with Crippen molar-refractivity contribution in [3.8, 4) is 0 Å². The summed E-state index contributed by atoms with van der Waals surface area (Å²) in [6.45, 7) is 9.11. The van der Waals surface area contributed by atoms with Gasteiger partial charge in [-0.1, -0.05) is 67.2 Å². The first kappa shape index (κ1) is 19.1. The molecule has 0 aromatic heterocycles. The van der Waals surface area contributed by atoms with Gasteiger partial charge in [0.05, 0.1) is 13.2 Å². The highest BCUT2D eigenvalue weighted by molar-refractivity contribution is 7.82. The lowest BCUT2D eigenvalue weighted by Gasteiger charge is -2.39. The monoisotopic (exact) mass is 371 g/mol. The van der Waals surface area contributed by atoms with Gasteiger partial charge in [0.15, 0.2) is 7.14 Å². The lowest BCUT2D eigenvalue weighted by Crippen LogP contribution is -2.49. The number of ether oxygens (including phenoxy) is 2. The average molecular weight is 371 g/mol. The van der Waals surface area contributed by atoms with Crippen LogP contribution in [0.4, 0.5) is 0 Å². The summed E-state index contributed by atoms with van der Waals surface area (Å²) in [6, 6.07) is 18.5. The van der Waals surface area contributed by atoms with Crippen molar-refractivity contribution in [1.82, 2.24) is 0 Å². The van der Waals surface area contributed by atoms with Crippen molar-refractivity contribution in [3.05, 3.63) is 72.6 Å². The fraction of sp³-hybridized carbons (Fsp3) is 0.333. The Kier molecular flexibility index (Phi) is 5.50. The zero-order chi connectivity index (χ0) is 18.8. The van der Waals surface area contributed by atoms with Crippen LogP contribution in [0.2, 0.25) is 0 Å². The van der Waals surface area contributed by atoms with Gasteiger partial charge in [0.1, 0.15) is 11.7 Å². The molecule has 3 atom stereocenters. The molecule has 0 amide bonds. The van der Waals surface area contributed by atoms with Gasteiger partial charge < -0.3 is 19.8 Å². The van der Waals surface area contributed by atoms with Crippen molar-refractivity contribution in [1.29, 1.82) is 0 Å². The van der Waals surface area contributed by atoms with Crippen LogP contribution >= 0.6 is 7.14 Å². The molecule has 0 aliphatic carbocycles. The summed E-state index contributed by atoms with van der Waals surface area (Å²) in [5.41, 5.74) is 5.35. The van der Waals surface area contributed by atoms with Gasteiger partial charge in [-0.25, -0.2) is 0 Å². The van der Waals surface area contributed by atoms with Crippen molar-refractivity contribution < 1.29 is 14.0 Å². The zero-order valence-corrected chi connectivity index (χ0v) is 16.2. The quantitative estimate of drug-likeness (QED) is 0.572. The Hall–Kier alpha value is -1.71. The Bertz CT molecular complexity index is 759. The van der Waals surface area contributed by atoms with Gasteiger partial charge in [-0.2, -0.15) is 0 Å². The lowest BCUT2D eigenvalue weighted by atomic mass is 9.98. The first-order chi connectivity index (χ1) is 12.4. The molecule has 3 unspecified atom stereocenters. The molecule has 2 aromatic rings. The topological polar surface area (TPSA) is 64.8 Å². The molecule has 1 aliphatic heterocycles. The van der Waals surface area contributed by atoms with Crippen LogP contribution in [0.3, 0.4) is 0 Å². The molecule has 0 spiro atoms. The molecule has 2 N–H and O–H groups in total. The summed E-state index contributed by atoms with van der Waals surface area (Å²) < 4.78 is 25.9. The van der Waals surface area contributed by atoms with E-state index in [-0.39, 0.29) is 12.1 Å². The van der Waals surface area contributed by atoms with Gasteiger partial charge in [-0.3, -0.25) is 0 Å². The molecule has 4 nitrogen and oxygen atoms in total. The lowest BCUT2D eigenvalue weighted by molar-refractivity contribution is -0.0193. The summed E-state index contributed by atoms with van der Waals surface area (Å²) in [7, 11) is -3.17. The molecule has 3 rings (SSSR count).